The molecule has 0 radical (unpaired) electrons. The second-order valence-corrected chi connectivity index (χ2v) is 5.36. The number of likely N-dealkylation sites (N-methyl/N-ethyl adjacent to an activating group) is 2. The van der Waals surface area contributed by atoms with Crippen LogP contribution in [-0.4, -0.2) is 50.4 Å². The minimum absolute atomic E-state index is 0.0574. The van der Waals surface area contributed by atoms with Gasteiger partial charge in [-0.2, -0.15) is 0 Å². The summed E-state index contributed by atoms with van der Waals surface area (Å²) in [7, 11) is 3.63. The SMILES string of the molecule is C=CC(=O)N(C)CC(=O)N1CCN(C)c2cc(C)ccc21. The number of aryl methyl sites for hydroxylation is 1. The van der Waals surface area contributed by atoms with Gasteiger partial charge in [0.05, 0.1) is 11.4 Å². The molecule has 0 fully saturated rings. The zero-order chi connectivity index (χ0) is 15.6. The topological polar surface area (TPSA) is 43.9 Å². The minimum Gasteiger partial charge on any atom is -0.371 e. The van der Waals surface area contributed by atoms with Gasteiger partial charge >= 0.3 is 0 Å². The summed E-state index contributed by atoms with van der Waals surface area (Å²) in [6, 6.07) is 6.04. The van der Waals surface area contributed by atoms with Gasteiger partial charge in [0.2, 0.25) is 11.8 Å². The van der Waals surface area contributed by atoms with Crippen LogP contribution in [-0.2, 0) is 9.59 Å². The van der Waals surface area contributed by atoms with E-state index in [9.17, 15) is 9.59 Å². The van der Waals surface area contributed by atoms with E-state index in [4.69, 9.17) is 0 Å². The number of benzene rings is 1. The number of fused-ring (bicyclic) bond motifs is 1. The van der Waals surface area contributed by atoms with E-state index in [0.29, 0.717) is 6.54 Å². The molecule has 0 saturated heterocycles. The Morgan fingerprint density at radius 1 is 1.33 bits per heavy atom. The highest BCUT2D eigenvalue weighted by Crippen LogP contribution is 2.33. The van der Waals surface area contributed by atoms with E-state index in [1.807, 2.05) is 26.1 Å². The lowest BCUT2D eigenvalue weighted by atomic mass is 10.1. The summed E-state index contributed by atoms with van der Waals surface area (Å²) >= 11 is 0. The van der Waals surface area contributed by atoms with Crippen molar-refractivity contribution in [1.29, 1.82) is 0 Å². The maximum atomic E-state index is 12.5. The van der Waals surface area contributed by atoms with Gasteiger partial charge in [-0.15, -0.1) is 0 Å². The summed E-state index contributed by atoms with van der Waals surface area (Å²) in [6.45, 7) is 6.93. The Morgan fingerprint density at radius 2 is 2.05 bits per heavy atom. The number of rotatable bonds is 3. The molecule has 0 spiro atoms. The molecule has 0 atom stereocenters. The standard InChI is InChI=1S/C16H21N3O2/c1-5-15(20)18(4)11-16(21)19-9-8-17(3)14-10-12(2)6-7-13(14)19/h5-7,10H,1,8-9,11H2,2-4H3. The van der Waals surface area contributed by atoms with E-state index in [2.05, 4.69) is 17.5 Å². The van der Waals surface area contributed by atoms with Crippen molar-refractivity contribution >= 4 is 23.2 Å². The van der Waals surface area contributed by atoms with Gasteiger partial charge in [0.1, 0.15) is 6.54 Å². The Morgan fingerprint density at radius 3 is 2.71 bits per heavy atom. The molecule has 1 aliphatic rings. The van der Waals surface area contributed by atoms with Crippen molar-refractivity contribution in [1.82, 2.24) is 4.90 Å². The molecule has 21 heavy (non-hydrogen) atoms. The first-order valence-electron chi connectivity index (χ1n) is 6.93. The summed E-state index contributed by atoms with van der Waals surface area (Å²) in [4.78, 5) is 29.2. The summed E-state index contributed by atoms with van der Waals surface area (Å²) in [5, 5.41) is 0. The van der Waals surface area contributed by atoms with E-state index in [1.165, 1.54) is 11.0 Å². The average molecular weight is 287 g/mol. The molecular formula is C16H21N3O2. The molecule has 0 aromatic heterocycles. The van der Waals surface area contributed by atoms with Crippen molar-refractivity contribution in [2.24, 2.45) is 0 Å². The van der Waals surface area contributed by atoms with Crippen LogP contribution in [0.2, 0.25) is 0 Å². The minimum atomic E-state index is -0.249. The third kappa shape index (κ3) is 3.07. The summed E-state index contributed by atoms with van der Waals surface area (Å²) in [6.07, 6.45) is 1.22. The first-order valence-corrected chi connectivity index (χ1v) is 6.93. The zero-order valence-electron chi connectivity index (χ0n) is 12.8. The Bertz CT molecular complexity index is 583. The normalized spacial score (nSPS) is 13.7. The van der Waals surface area contributed by atoms with E-state index in [-0.39, 0.29) is 18.4 Å². The number of hydrogen-bond acceptors (Lipinski definition) is 3. The van der Waals surface area contributed by atoms with Gasteiger partial charge in [-0.25, -0.2) is 0 Å². The third-order valence-corrected chi connectivity index (χ3v) is 3.72. The van der Waals surface area contributed by atoms with Gasteiger partial charge in [-0.05, 0) is 30.7 Å². The van der Waals surface area contributed by atoms with Gasteiger partial charge in [0, 0.05) is 27.2 Å². The van der Waals surface area contributed by atoms with Crippen LogP contribution in [0.5, 0.6) is 0 Å². The molecule has 0 bridgehead atoms. The van der Waals surface area contributed by atoms with E-state index in [1.54, 1.807) is 11.9 Å². The highest BCUT2D eigenvalue weighted by Gasteiger charge is 2.26. The highest BCUT2D eigenvalue weighted by atomic mass is 16.2. The summed E-state index contributed by atoms with van der Waals surface area (Å²) in [5.41, 5.74) is 3.11. The fourth-order valence-corrected chi connectivity index (χ4v) is 2.44. The molecule has 5 nitrogen and oxygen atoms in total. The smallest absolute Gasteiger partial charge is 0.246 e. The van der Waals surface area contributed by atoms with Crippen LogP contribution < -0.4 is 9.80 Å². The summed E-state index contributed by atoms with van der Waals surface area (Å²) in [5.74, 6) is -0.326. The monoisotopic (exact) mass is 287 g/mol. The highest BCUT2D eigenvalue weighted by molar-refractivity contribution is 6.01. The zero-order valence-corrected chi connectivity index (χ0v) is 12.8. The maximum absolute atomic E-state index is 12.5. The average Bonchev–Trinajstić information content (AvgIpc) is 2.47. The lowest BCUT2D eigenvalue weighted by Gasteiger charge is -2.36. The number of carbonyl (C=O) groups is 2. The Hall–Kier alpha value is -2.30. The molecular weight excluding hydrogens is 266 g/mol. The number of anilines is 2. The van der Waals surface area contributed by atoms with Gasteiger partial charge < -0.3 is 14.7 Å². The molecule has 2 amide bonds. The molecule has 5 heteroatoms. The van der Waals surface area contributed by atoms with Gasteiger partial charge in [0.25, 0.3) is 0 Å². The second kappa shape index (κ2) is 5.99. The number of nitrogens with zero attached hydrogens (tertiary/aromatic N) is 3. The van der Waals surface area contributed by atoms with Crippen molar-refractivity contribution in [2.75, 3.05) is 43.5 Å². The van der Waals surface area contributed by atoms with Crippen molar-refractivity contribution < 1.29 is 9.59 Å². The molecule has 1 aromatic carbocycles. The predicted octanol–water partition coefficient (Wildman–Crippen LogP) is 1.42. The fraction of sp³-hybridized carbons (Fsp3) is 0.375. The lowest BCUT2D eigenvalue weighted by molar-refractivity contribution is -0.130. The fourth-order valence-electron chi connectivity index (χ4n) is 2.44. The maximum Gasteiger partial charge on any atom is 0.246 e. The molecule has 2 rings (SSSR count). The number of hydrogen-bond donors (Lipinski definition) is 0. The van der Waals surface area contributed by atoms with Crippen molar-refractivity contribution in [3.63, 3.8) is 0 Å². The molecule has 0 unspecified atom stereocenters. The Balaban J connectivity index is 2.22. The van der Waals surface area contributed by atoms with E-state index in [0.717, 1.165) is 23.5 Å². The van der Waals surface area contributed by atoms with Crippen LogP contribution in [0.25, 0.3) is 0 Å². The molecule has 1 heterocycles. The first kappa shape index (κ1) is 15.1. The van der Waals surface area contributed by atoms with Gasteiger partial charge in [-0.1, -0.05) is 12.6 Å². The Kier molecular flexibility index (Phi) is 4.31. The first-order chi connectivity index (χ1) is 9.93. The largest absolute Gasteiger partial charge is 0.371 e. The van der Waals surface area contributed by atoms with Crippen molar-refractivity contribution in [3.05, 3.63) is 36.4 Å². The molecule has 0 N–H and O–H groups in total. The number of amides is 2. The molecule has 0 aliphatic carbocycles. The van der Waals surface area contributed by atoms with Crippen LogP contribution in [0.15, 0.2) is 30.9 Å². The van der Waals surface area contributed by atoms with E-state index < -0.39 is 0 Å². The van der Waals surface area contributed by atoms with Crippen molar-refractivity contribution in [3.8, 4) is 0 Å². The molecule has 112 valence electrons. The van der Waals surface area contributed by atoms with Gasteiger partial charge in [-0.3, -0.25) is 9.59 Å². The predicted molar refractivity (Wildman–Crippen MR) is 84.6 cm³/mol. The quantitative estimate of drug-likeness (QED) is 0.790. The van der Waals surface area contributed by atoms with Crippen LogP contribution in [0, 0.1) is 6.92 Å². The summed E-state index contributed by atoms with van der Waals surface area (Å²) < 4.78 is 0. The second-order valence-electron chi connectivity index (χ2n) is 5.36. The van der Waals surface area contributed by atoms with E-state index >= 15 is 0 Å². The van der Waals surface area contributed by atoms with Crippen LogP contribution in [0.1, 0.15) is 5.56 Å². The Labute approximate surface area is 125 Å². The van der Waals surface area contributed by atoms with Crippen LogP contribution >= 0.6 is 0 Å². The van der Waals surface area contributed by atoms with Crippen molar-refractivity contribution in [2.45, 2.75) is 6.92 Å². The third-order valence-electron chi connectivity index (χ3n) is 3.72. The van der Waals surface area contributed by atoms with Crippen LogP contribution in [0.4, 0.5) is 11.4 Å². The molecule has 1 aromatic rings. The van der Waals surface area contributed by atoms with Crippen LogP contribution in [0.3, 0.4) is 0 Å². The molecule has 1 aliphatic heterocycles. The molecule has 0 saturated carbocycles. The van der Waals surface area contributed by atoms with Gasteiger partial charge in [0.15, 0.2) is 0 Å². The number of carbonyl (C=O) groups excluding carboxylic acids is 2. The lowest BCUT2D eigenvalue weighted by Crippen LogP contribution is -2.47.